The van der Waals surface area contributed by atoms with Crippen molar-refractivity contribution >= 4 is 0 Å². The van der Waals surface area contributed by atoms with Gasteiger partial charge in [-0.05, 0) is 31.7 Å². The number of halogens is 2. The lowest BCUT2D eigenvalue weighted by atomic mass is 9.84. The Morgan fingerprint density at radius 2 is 1.90 bits per heavy atom. The zero-order valence-electron chi connectivity index (χ0n) is 11.9. The minimum atomic E-state index is -2.77. The Hall–Kier alpha value is -1.16. The van der Waals surface area contributed by atoms with Crippen LogP contribution in [0.2, 0.25) is 0 Å². The number of para-hydroxylation sites is 1. The highest BCUT2D eigenvalue weighted by atomic mass is 19.3. The second-order valence-electron chi connectivity index (χ2n) is 5.55. The summed E-state index contributed by atoms with van der Waals surface area (Å²) in [5, 5.41) is 3.46. The van der Waals surface area contributed by atoms with Crippen LogP contribution >= 0.6 is 0 Å². The number of hydrogen-bond acceptors (Lipinski definition) is 2. The summed E-state index contributed by atoms with van der Waals surface area (Å²) in [6.07, 6.45) is 6.49. The first-order valence-corrected chi connectivity index (χ1v) is 7.43. The van der Waals surface area contributed by atoms with Gasteiger partial charge in [0.2, 0.25) is 0 Å². The van der Waals surface area contributed by atoms with Gasteiger partial charge in [0.15, 0.2) is 0 Å². The quantitative estimate of drug-likeness (QED) is 0.838. The molecule has 4 heteroatoms. The molecule has 0 aromatic heterocycles. The van der Waals surface area contributed by atoms with Crippen LogP contribution in [0.5, 0.6) is 5.75 Å². The van der Waals surface area contributed by atoms with E-state index < -0.39 is 6.61 Å². The summed E-state index contributed by atoms with van der Waals surface area (Å²) in [6.45, 7) is -0.0143. The summed E-state index contributed by atoms with van der Waals surface area (Å²) in [5.74, 6) is 0.970. The summed E-state index contributed by atoms with van der Waals surface area (Å²) in [5.41, 5.74) is 0.787. The Bertz CT molecular complexity index is 405. The molecule has 0 radical (unpaired) electrons. The first-order valence-electron chi connectivity index (χ1n) is 7.43. The van der Waals surface area contributed by atoms with Gasteiger partial charge in [0.05, 0.1) is 0 Å². The summed E-state index contributed by atoms with van der Waals surface area (Å²) in [4.78, 5) is 0. The van der Waals surface area contributed by atoms with E-state index in [2.05, 4.69) is 17.0 Å². The van der Waals surface area contributed by atoms with Crippen LogP contribution in [0.25, 0.3) is 0 Å². The highest BCUT2D eigenvalue weighted by molar-refractivity contribution is 5.33. The number of benzene rings is 1. The number of nitrogens with one attached hydrogen (secondary N) is 1. The van der Waals surface area contributed by atoms with E-state index in [-0.39, 0.29) is 5.75 Å². The summed E-state index contributed by atoms with van der Waals surface area (Å²) in [6, 6.07) is 7.40. The molecule has 1 fully saturated rings. The number of rotatable bonds is 6. The number of alkyl halides is 2. The number of ether oxygens (including phenoxy) is 1. The Labute approximate surface area is 119 Å². The maximum Gasteiger partial charge on any atom is 0.387 e. The van der Waals surface area contributed by atoms with Crippen molar-refractivity contribution in [2.45, 2.75) is 58.2 Å². The smallest absolute Gasteiger partial charge is 0.387 e. The van der Waals surface area contributed by atoms with E-state index in [4.69, 9.17) is 0 Å². The molecule has 0 unspecified atom stereocenters. The van der Waals surface area contributed by atoms with E-state index in [9.17, 15) is 8.78 Å². The lowest BCUT2D eigenvalue weighted by Crippen LogP contribution is -2.34. The van der Waals surface area contributed by atoms with Crippen molar-refractivity contribution in [1.29, 1.82) is 0 Å². The van der Waals surface area contributed by atoms with E-state index in [0.717, 1.165) is 5.56 Å². The van der Waals surface area contributed by atoms with Crippen LogP contribution in [-0.2, 0) is 6.54 Å². The highest BCUT2D eigenvalue weighted by Gasteiger charge is 2.20. The molecule has 2 nitrogen and oxygen atoms in total. The maximum atomic E-state index is 12.3. The fraction of sp³-hybridized carbons (Fsp3) is 0.625. The molecule has 1 atom stereocenters. The molecule has 112 valence electrons. The van der Waals surface area contributed by atoms with Gasteiger partial charge < -0.3 is 10.1 Å². The molecule has 0 heterocycles. The molecular weight excluding hydrogens is 260 g/mol. The van der Waals surface area contributed by atoms with E-state index in [1.165, 1.54) is 32.1 Å². The molecule has 1 aliphatic carbocycles. The van der Waals surface area contributed by atoms with Gasteiger partial charge in [-0.1, -0.05) is 37.5 Å². The molecule has 20 heavy (non-hydrogen) atoms. The molecule has 0 amide bonds. The van der Waals surface area contributed by atoms with E-state index >= 15 is 0 Å². The predicted octanol–water partition coefficient (Wildman–Crippen LogP) is 4.35. The van der Waals surface area contributed by atoms with Gasteiger partial charge in [-0.15, -0.1) is 0 Å². The van der Waals surface area contributed by atoms with Crippen molar-refractivity contribution in [1.82, 2.24) is 5.32 Å². The third kappa shape index (κ3) is 4.44. The molecule has 0 saturated heterocycles. The summed E-state index contributed by atoms with van der Waals surface area (Å²) < 4.78 is 29.2. The molecular formula is C16H23F2NO. The van der Waals surface area contributed by atoms with Gasteiger partial charge in [-0.25, -0.2) is 0 Å². The molecule has 0 bridgehead atoms. The van der Waals surface area contributed by atoms with Crippen LogP contribution in [0.3, 0.4) is 0 Å². The van der Waals surface area contributed by atoms with Crippen molar-refractivity contribution < 1.29 is 13.5 Å². The van der Waals surface area contributed by atoms with Crippen molar-refractivity contribution in [3.63, 3.8) is 0 Å². The molecule has 1 aromatic carbocycles. The molecule has 0 spiro atoms. The van der Waals surface area contributed by atoms with Crippen LogP contribution in [0.1, 0.15) is 44.6 Å². The molecule has 1 aliphatic rings. The normalized spacial score (nSPS) is 18.2. The topological polar surface area (TPSA) is 21.3 Å². The van der Waals surface area contributed by atoms with Crippen molar-refractivity contribution in [3.8, 4) is 5.75 Å². The maximum absolute atomic E-state index is 12.3. The fourth-order valence-electron chi connectivity index (χ4n) is 2.93. The highest BCUT2D eigenvalue weighted by Crippen LogP contribution is 2.27. The van der Waals surface area contributed by atoms with Gasteiger partial charge in [0, 0.05) is 18.2 Å². The standard InChI is InChI=1S/C16H23F2NO/c1-12(13-7-3-2-4-8-13)19-11-14-9-5-6-10-15(14)20-16(17)18/h5-6,9-10,12-13,16,19H,2-4,7-8,11H2,1H3/t12-/m0/s1. The van der Waals surface area contributed by atoms with Crippen molar-refractivity contribution in [3.05, 3.63) is 29.8 Å². The molecule has 1 aromatic rings. The molecule has 1 saturated carbocycles. The number of hydrogen-bond donors (Lipinski definition) is 1. The summed E-state index contributed by atoms with van der Waals surface area (Å²) >= 11 is 0. The molecule has 2 rings (SSSR count). The van der Waals surface area contributed by atoms with Gasteiger partial charge in [-0.2, -0.15) is 8.78 Å². The largest absolute Gasteiger partial charge is 0.434 e. The van der Waals surface area contributed by atoms with Crippen LogP contribution in [0.15, 0.2) is 24.3 Å². The van der Waals surface area contributed by atoms with Crippen molar-refractivity contribution in [2.75, 3.05) is 0 Å². The Balaban J connectivity index is 1.89. The first kappa shape index (κ1) is 15.2. The summed E-state index contributed by atoms with van der Waals surface area (Å²) in [7, 11) is 0. The van der Waals surface area contributed by atoms with E-state index in [1.54, 1.807) is 12.1 Å². The van der Waals surface area contributed by atoms with Crippen LogP contribution in [-0.4, -0.2) is 12.7 Å². The Morgan fingerprint density at radius 3 is 2.60 bits per heavy atom. The van der Waals surface area contributed by atoms with Gasteiger partial charge in [-0.3, -0.25) is 0 Å². The third-order valence-electron chi connectivity index (χ3n) is 4.16. The second-order valence-corrected chi connectivity index (χ2v) is 5.55. The minimum Gasteiger partial charge on any atom is -0.434 e. The van der Waals surface area contributed by atoms with Crippen LogP contribution in [0.4, 0.5) is 8.78 Å². The lowest BCUT2D eigenvalue weighted by Gasteiger charge is -2.28. The average Bonchev–Trinajstić information content (AvgIpc) is 2.46. The zero-order chi connectivity index (χ0) is 14.4. The minimum absolute atomic E-state index is 0.269. The van der Waals surface area contributed by atoms with Gasteiger partial charge >= 0.3 is 6.61 Å². The van der Waals surface area contributed by atoms with Gasteiger partial charge in [0.25, 0.3) is 0 Å². The predicted molar refractivity (Wildman–Crippen MR) is 76.0 cm³/mol. The third-order valence-corrected chi connectivity index (χ3v) is 4.16. The zero-order valence-corrected chi connectivity index (χ0v) is 11.9. The average molecular weight is 283 g/mol. The van der Waals surface area contributed by atoms with Crippen molar-refractivity contribution in [2.24, 2.45) is 5.92 Å². The first-order chi connectivity index (χ1) is 9.66. The molecule has 0 aliphatic heterocycles. The monoisotopic (exact) mass is 283 g/mol. The van der Waals surface area contributed by atoms with Crippen LogP contribution in [0, 0.1) is 5.92 Å². The Kier molecular flexibility index (Phi) is 5.77. The van der Waals surface area contributed by atoms with Crippen LogP contribution < -0.4 is 10.1 Å². The van der Waals surface area contributed by atoms with Gasteiger partial charge in [0.1, 0.15) is 5.75 Å². The Morgan fingerprint density at radius 1 is 1.20 bits per heavy atom. The van der Waals surface area contributed by atoms with E-state index in [1.807, 2.05) is 12.1 Å². The second kappa shape index (κ2) is 7.58. The lowest BCUT2D eigenvalue weighted by molar-refractivity contribution is -0.0505. The fourth-order valence-corrected chi connectivity index (χ4v) is 2.93. The molecule has 1 N–H and O–H groups in total. The van der Waals surface area contributed by atoms with E-state index in [0.29, 0.717) is 18.5 Å². The SMILES string of the molecule is C[C@H](NCc1ccccc1OC(F)F)C1CCCCC1.